The van der Waals surface area contributed by atoms with Crippen LogP contribution in [0.3, 0.4) is 0 Å². The third-order valence-corrected chi connectivity index (χ3v) is 4.88. The average molecular weight is 457 g/mol. The van der Waals surface area contributed by atoms with Gasteiger partial charge < -0.3 is 9.47 Å². The number of hydrogen-bond donors (Lipinski definition) is 0. The number of benzene rings is 1. The molecule has 1 aromatic carbocycles. The van der Waals surface area contributed by atoms with Gasteiger partial charge in [0.1, 0.15) is 12.4 Å². The van der Waals surface area contributed by atoms with Crippen LogP contribution in [0.25, 0.3) is 0 Å². The van der Waals surface area contributed by atoms with E-state index in [0.29, 0.717) is 11.4 Å². The molecule has 26 heavy (non-hydrogen) atoms. The molecule has 0 bridgehead atoms. The maximum absolute atomic E-state index is 13.8. The van der Waals surface area contributed by atoms with Crippen LogP contribution in [0.5, 0.6) is 11.6 Å². The van der Waals surface area contributed by atoms with Gasteiger partial charge in [-0.05, 0) is 46.5 Å². The van der Waals surface area contributed by atoms with E-state index in [4.69, 9.17) is 21.1 Å². The van der Waals surface area contributed by atoms with Gasteiger partial charge in [-0.1, -0.05) is 17.7 Å². The Hall–Kier alpha value is -1.54. The first-order valence-electron chi connectivity index (χ1n) is 7.46. The molecule has 0 aliphatic carbocycles. The van der Waals surface area contributed by atoms with Crippen LogP contribution in [0.1, 0.15) is 11.1 Å². The fourth-order valence-corrected chi connectivity index (χ4v) is 3.01. The highest BCUT2D eigenvalue weighted by molar-refractivity contribution is 9.10. The van der Waals surface area contributed by atoms with Crippen molar-refractivity contribution in [1.82, 2.24) is 4.98 Å². The van der Waals surface area contributed by atoms with Gasteiger partial charge in [0.05, 0.1) is 28.7 Å². The zero-order valence-electron chi connectivity index (χ0n) is 13.8. The van der Waals surface area contributed by atoms with Crippen molar-refractivity contribution >= 4 is 27.5 Å². The lowest BCUT2D eigenvalue weighted by Crippen LogP contribution is -2.31. The minimum absolute atomic E-state index is 0.0819. The van der Waals surface area contributed by atoms with Crippen LogP contribution in [0.4, 0.5) is 17.6 Å². The summed E-state index contributed by atoms with van der Waals surface area (Å²) in [5.74, 6) is -2.06. The molecule has 9 heteroatoms. The predicted octanol–water partition coefficient (Wildman–Crippen LogP) is 5.75. The summed E-state index contributed by atoms with van der Waals surface area (Å²) in [4.78, 5) is 3.92. The van der Waals surface area contributed by atoms with Crippen molar-refractivity contribution in [1.29, 1.82) is 0 Å². The van der Waals surface area contributed by atoms with Gasteiger partial charge in [0.25, 0.3) is 0 Å². The molecule has 1 unspecified atom stereocenters. The van der Waals surface area contributed by atoms with Crippen LogP contribution in [0, 0.1) is 18.7 Å². The Morgan fingerprint density at radius 3 is 2.58 bits per heavy atom. The number of aromatic nitrogens is 1. The molecule has 0 N–H and O–H groups in total. The lowest BCUT2D eigenvalue weighted by atomic mass is 9.99. The zero-order chi connectivity index (χ0) is 19.5. The number of aryl methyl sites for hydroxylation is 1. The van der Waals surface area contributed by atoms with E-state index in [1.54, 1.807) is 13.0 Å². The molecule has 2 rings (SSSR count). The molecular weight excluding hydrogens is 442 g/mol. The quantitative estimate of drug-likeness (QED) is 0.409. The van der Waals surface area contributed by atoms with E-state index in [9.17, 15) is 17.6 Å². The lowest BCUT2D eigenvalue weighted by Gasteiger charge is -2.22. The second-order valence-corrected chi connectivity index (χ2v) is 6.78. The van der Waals surface area contributed by atoms with Crippen LogP contribution in [0.2, 0.25) is 5.02 Å². The fourth-order valence-electron chi connectivity index (χ4n) is 2.23. The van der Waals surface area contributed by atoms with Gasteiger partial charge in [0.2, 0.25) is 5.88 Å². The highest BCUT2D eigenvalue weighted by Gasteiger charge is 2.40. The van der Waals surface area contributed by atoms with Crippen molar-refractivity contribution in [3.8, 4) is 11.6 Å². The summed E-state index contributed by atoms with van der Waals surface area (Å²) in [6.07, 6.45) is -3.68. The Morgan fingerprint density at radius 2 is 2.00 bits per heavy atom. The van der Waals surface area contributed by atoms with Gasteiger partial charge in [-0.25, -0.2) is 9.37 Å². The predicted molar refractivity (Wildman–Crippen MR) is 93.4 cm³/mol. The molecule has 0 saturated carbocycles. The number of methoxy groups -OCH3 is 1. The van der Waals surface area contributed by atoms with Crippen molar-refractivity contribution in [3.05, 3.63) is 50.8 Å². The van der Waals surface area contributed by atoms with Crippen molar-refractivity contribution < 1.29 is 27.0 Å². The highest BCUT2D eigenvalue weighted by Crippen LogP contribution is 2.34. The SMILES string of the molecule is COc1cc(C)c(OCC(Cc2ccc(Cl)c(F)c2Br)C(F)(F)F)cn1. The summed E-state index contributed by atoms with van der Waals surface area (Å²) < 4.78 is 64.1. The third-order valence-electron chi connectivity index (χ3n) is 3.73. The van der Waals surface area contributed by atoms with Crippen molar-refractivity contribution in [2.45, 2.75) is 19.5 Å². The topological polar surface area (TPSA) is 31.4 Å². The van der Waals surface area contributed by atoms with E-state index < -0.39 is 30.9 Å². The van der Waals surface area contributed by atoms with E-state index in [1.807, 2.05) is 0 Å². The van der Waals surface area contributed by atoms with Crippen LogP contribution in [-0.4, -0.2) is 24.9 Å². The minimum atomic E-state index is -4.52. The summed E-state index contributed by atoms with van der Waals surface area (Å²) in [6.45, 7) is 1.04. The third kappa shape index (κ3) is 5.01. The number of halogens is 6. The summed E-state index contributed by atoms with van der Waals surface area (Å²) in [5, 5.41) is -0.166. The molecule has 0 aliphatic rings. The number of nitrogens with zero attached hydrogens (tertiary/aromatic N) is 1. The van der Waals surface area contributed by atoms with Gasteiger partial charge >= 0.3 is 6.18 Å². The second kappa shape index (κ2) is 8.43. The first-order chi connectivity index (χ1) is 12.1. The maximum atomic E-state index is 13.8. The number of ether oxygens (including phenoxy) is 2. The van der Waals surface area contributed by atoms with E-state index in [-0.39, 0.29) is 20.8 Å². The molecule has 0 spiro atoms. The van der Waals surface area contributed by atoms with E-state index in [2.05, 4.69) is 20.9 Å². The highest BCUT2D eigenvalue weighted by atomic mass is 79.9. The van der Waals surface area contributed by atoms with Gasteiger partial charge in [0.15, 0.2) is 5.82 Å². The molecular formula is C17H15BrClF4NO2. The van der Waals surface area contributed by atoms with Crippen LogP contribution in [0.15, 0.2) is 28.9 Å². The summed E-state index contributed by atoms with van der Waals surface area (Å²) in [5.41, 5.74) is 0.749. The van der Waals surface area contributed by atoms with Crippen LogP contribution in [-0.2, 0) is 6.42 Å². The number of pyridine rings is 1. The van der Waals surface area contributed by atoms with E-state index in [1.165, 1.54) is 25.4 Å². The second-order valence-electron chi connectivity index (χ2n) is 5.58. The molecule has 0 amide bonds. The van der Waals surface area contributed by atoms with Gasteiger partial charge in [-0.3, -0.25) is 0 Å². The Bertz CT molecular complexity index is 786. The number of hydrogen-bond acceptors (Lipinski definition) is 3. The molecule has 2 aromatic rings. The monoisotopic (exact) mass is 455 g/mol. The first kappa shape index (κ1) is 20.8. The summed E-state index contributed by atoms with van der Waals surface area (Å²) >= 11 is 8.58. The summed E-state index contributed by atoms with van der Waals surface area (Å²) in [6, 6.07) is 4.14. The van der Waals surface area contributed by atoms with Crippen LogP contribution >= 0.6 is 27.5 Å². The number of rotatable bonds is 6. The van der Waals surface area contributed by atoms with Gasteiger partial charge in [-0.2, -0.15) is 13.2 Å². The standard InChI is InChI=1S/C17H15BrClF4NO2/c1-9-5-14(25-2)24-7-13(9)26-8-11(17(21,22)23)6-10-3-4-12(19)16(20)15(10)18/h3-5,7,11H,6,8H2,1-2H3. The average Bonchev–Trinajstić information content (AvgIpc) is 2.58. The van der Waals surface area contributed by atoms with Crippen molar-refractivity contribution in [2.75, 3.05) is 13.7 Å². The molecule has 1 aromatic heterocycles. The molecule has 1 atom stereocenters. The van der Waals surface area contributed by atoms with Crippen molar-refractivity contribution in [3.63, 3.8) is 0 Å². The van der Waals surface area contributed by atoms with Crippen molar-refractivity contribution in [2.24, 2.45) is 5.92 Å². The maximum Gasteiger partial charge on any atom is 0.395 e. The van der Waals surface area contributed by atoms with E-state index in [0.717, 1.165) is 0 Å². The Balaban J connectivity index is 2.18. The largest absolute Gasteiger partial charge is 0.491 e. The number of alkyl halides is 3. The molecule has 1 heterocycles. The zero-order valence-corrected chi connectivity index (χ0v) is 16.2. The molecule has 0 radical (unpaired) electrons. The Labute approximate surface area is 161 Å². The first-order valence-corrected chi connectivity index (χ1v) is 8.63. The van der Waals surface area contributed by atoms with E-state index >= 15 is 0 Å². The molecule has 0 aliphatic heterocycles. The molecule has 142 valence electrons. The summed E-state index contributed by atoms with van der Waals surface area (Å²) in [7, 11) is 1.44. The molecule has 3 nitrogen and oxygen atoms in total. The lowest BCUT2D eigenvalue weighted by molar-refractivity contribution is -0.181. The normalized spacial score (nSPS) is 12.8. The minimum Gasteiger partial charge on any atom is -0.491 e. The fraction of sp³-hybridized carbons (Fsp3) is 0.353. The molecule has 0 saturated heterocycles. The smallest absolute Gasteiger partial charge is 0.395 e. The van der Waals surface area contributed by atoms with Crippen LogP contribution < -0.4 is 9.47 Å². The Kier molecular flexibility index (Phi) is 6.74. The molecule has 0 fully saturated rings. The van der Waals surface area contributed by atoms with Gasteiger partial charge in [-0.15, -0.1) is 0 Å². The Morgan fingerprint density at radius 1 is 1.31 bits per heavy atom. The van der Waals surface area contributed by atoms with Gasteiger partial charge in [0, 0.05) is 6.07 Å².